The van der Waals surface area contributed by atoms with Gasteiger partial charge in [0.25, 0.3) is 0 Å². The predicted octanol–water partition coefficient (Wildman–Crippen LogP) is 3.01. The zero-order valence-electron chi connectivity index (χ0n) is 6.03. The molecule has 1 heteroatoms. The summed E-state index contributed by atoms with van der Waals surface area (Å²) in [5.74, 6) is 0. The molecule has 0 saturated carbocycles. The van der Waals surface area contributed by atoms with E-state index in [-0.39, 0.29) is 20.7 Å². The monoisotopic (exact) mass is 234 g/mol. The van der Waals surface area contributed by atoms with Gasteiger partial charge in [0, 0.05) is 0 Å². The molecule has 0 nitrogen and oxygen atoms in total. The van der Waals surface area contributed by atoms with Crippen molar-refractivity contribution < 1.29 is 0 Å². The molecule has 0 N–H and O–H groups in total. The first-order valence-corrected chi connectivity index (χ1v) is 5.35. The molecule has 0 aromatic heterocycles. The zero-order chi connectivity index (χ0) is 6.85. The predicted molar refractivity (Wildman–Crippen MR) is 52.2 cm³/mol. The van der Waals surface area contributed by atoms with Crippen LogP contribution in [-0.4, -0.2) is 3.51 Å². The maximum atomic E-state index is 2.33. The number of rotatable bonds is 0. The van der Waals surface area contributed by atoms with E-state index in [1.165, 1.54) is 11.1 Å². The fraction of sp³-hybridized carbons (Fsp3) is 0.375. The van der Waals surface area contributed by atoms with E-state index < -0.39 is 0 Å². The Morgan fingerprint density at radius 2 is 1.89 bits per heavy atom. The molecular weight excluding hydrogens is 223 g/mol. The standard InChI is InChI=1S/C8H11I/c1-6-4-5-9-8(3)7(6)2/h4-5H,1-3H3. The lowest BCUT2D eigenvalue weighted by Gasteiger charge is -2.06. The van der Waals surface area contributed by atoms with Gasteiger partial charge in [-0.3, -0.25) is 0 Å². The van der Waals surface area contributed by atoms with Crippen LogP contribution in [-0.2, 0) is 0 Å². The molecule has 1 rings (SSSR count). The summed E-state index contributed by atoms with van der Waals surface area (Å²) in [7, 11) is 0. The lowest BCUT2D eigenvalue weighted by atomic mass is 10.1. The zero-order valence-corrected chi connectivity index (χ0v) is 8.19. The molecule has 50 valence electrons. The molecule has 0 bridgehead atoms. The van der Waals surface area contributed by atoms with Crippen LogP contribution in [0.5, 0.6) is 0 Å². The summed E-state index contributed by atoms with van der Waals surface area (Å²) in [5.41, 5.74) is 2.96. The third-order valence-electron chi connectivity index (χ3n) is 1.65. The Kier molecular flexibility index (Phi) is 2.22. The highest BCUT2D eigenvalue weighted by molar-refractivity contribution is 14.2. The summed E-state index contributed by atoms with van der Waals surface area (Å²) < 4.78 is 3.95. The van der Waals surface area contributed by atoms with E-state index in [1.807, 2.05) is 0 Å². The van der Waals surface area contributed by atoms with Crippen LogP contribution in [0, 0.1) is 0 Å². The van der Waals surface area contributed by atoms with Gasteiger partial charge >= 0.3 is 0 Å². The number of hydrogen-bond donors (Lipinski definition) is 0. The van der Waals surface area contributed by atoms with E-state index in [2.05, 4.69) is 30.9 Å². The molecule has 0 unspecified atom stereocenters. The normalized spacial score (nSPS) is 19.2. The fourth-order valence-electron chi connectivity index (χ4n) is 0.699. The van der Waals surface area contributed by atoms with Crippen molar-refractivity contribution >= 4 is 24.2 Å². The van der Waals surface area contributed by atoms with E-state index >= 15 is 0 Å². The van der Waals surface area contributed by atoms with E-state index in [9.17, 15) is 0 Å². The van der Waals surface area contributed by atoms with Crippen LogP contribution < -0.4 is 0 Å². The highest BCUT2D eigenvalue weighted by Gasteiger charge is 1.98. The number of allylic oxidation sites excluding steroid dienone is 3. The van der Waals surface area contributed by atoms with Gasteiger partial charge in [0.15, 0.2) is 0 Å². The molecule has 0 aliphatic carbocycles. The molecule has 0 radical (unpaired) electrons. The van der Waals surface area contributed by atoms with E-state index in [1.54, 1.807) is 3.51 Å². The lowest BCUT2D eigenvalue weighted by molar-refractivity contribution is 1.42. The summed E-state index contributed by atoms with van der Waals surface area (Å²) in [6.45, 7) is 6.64. The van der Waals surface area contributed by atoms with E-state index in [0.717, 1.165) is 0 Å². The van der Waals surface area contributed by atoms with Crippen molar-refractivity contribution in [1.82, 2.24) is 0 Å². The first-order chi connectivity index (χ1) is 4.22. The minimum absolute atomic E-state index is 0.263. The summed E-state index contributed by atoms with van der Waals surface area (Å²) in [4.78, 5) is 0. The van der Waals surface area contributed by atoms with Crippen LogP contribution in [0.1, 0.15) is 20.8 Å². The molecule has 0 atom stereocenters. The molecule has 0 saturated heterocycles. The highest BCUT2D eigenvalue weighted by Crippen LogP contribution is 2.20. The smallest absolute Gasteiger partial charge is 0.0146 e. The summed E-state index contributed by atoms with van der Waals surface area (Å²) in [5, 5.41) is 0. The van der Waals surface area contributed by atoms with Gasteiger partial charge < -0.3 is 0 Å². The van der Waals surface area contributed by atoms with Gasteiger partial charge in [-0.15, -0.1) is 0 Å². The van der Waals surface area contributed by atoms with Crippen molar-refractivity contribution in [2.45, 2.75) is 20.8 Å². The van der Waals surface area contributed by atoms with Crippen LogP contribution in [0.3, 0.4) is 0 Å². The second-order valence-corrected chi connectivity index (χ2v) is 5.20. The van der Waals surface area contributed by atoms with E-state index in [4.69, 9.17) is 0 Å². The van der Waals surface area contributed by atoms with Crippen molar-refractivity contribution in [2.24, 2.45) is 0 Å². The molecule has 0 amide bonds. The first kappa shape index (κ1) is 7.19. The van der Waals surface area contributed by atoms with Crippen LogP contribution in [0.25, 0.3) is 0 Å². The third-order valence-corrected chi connectivity index (χ3v) is 4.11. The van der Waals surface area contributed by atoms with Gasteiger partial charge in [0.2, 0.25) is 0 Å². The SMILES string of the molecule is CC1=IC=CC(C)=C1C. The Labute approximate surface area is 66.4 Å². The van der Waals surface area contributed by atoms with Crippen molar-refractivity contribution in [3.63, 3.8) is 0 Å². The summed E-state index contributed by atoms with van der Waals surface area (Å²) >= 11 is 0.263. The van der Waals surface area contributed by atoms with Gasteiger partial charge in [-0.1, -0.05) is 26.8 Å². The second kappa shape index (κ2) is 2.78. The summed E-state index contributed by atoms with van der Waals surface area (Å²) in [6.07, 6.45) is 2.25. The van der Waals surface area contributed by atoms with Gasteiger partial charge in [-0.25, -0.2) is 0 Å². The van der Waals surface area contributed by atoms with Gasteiger partial charge in [0.05, 0.1) is 0 Å². The van der Waals surface area contributed by atoms with Crippen LogP contribution >= 0.6 is 20.7 Å². The van der Waals surface area contributed by atoms with E-state index in [0.29, 0.717) is 0 Å². The Morgan fingerprint density at radius 1 is 1.22 bits per heavy atom. The Balaban J connectivity index is 3.06. The summed E-state index contributed by atoms with van der Waals surface area (Å²) in [6, 6.07) is 0. The quantitative estimate of drug-likeness (QED) is 0.565. The third kappa shape index (κ3) is 1.51. The minimum atomic E-state index is 0.263. The molecule has 1 aliphatic heterocycles. The largest absolute Gasteiger partial charge is 0.0901 e. The minimum Gasteiger partial charge on any atom is -0.0901 e. The van der Waals surface area contributed by atoms with Crippen molar-refractivity contribution in [3.8, 4) is 0 Å². The van der Waals surface area contributed by atoms with Gasteiger partial charge in [-0.2, -0.15) is 0 Å². The molecule has 1 aliphatic rings. The first-order valence-electron chi connectivity index (χ1n) is 3.03. The Morgan fingerprint density at radius 3 is 2.33 bits per heavy atom. The number of halogens is 1. The molecule has 0 spiro atoms. The Hall–Kier alpha value is 0.0800. The molecule has 9 heavy (non-hydrogen) atoms. The lowest BCUT2D eigenvalue weighted by Crippen LogP contribution is -1.93. The van der Waals surface area contributed by atoms with Crippen molar-refractivity contribution in [3.05, 3.63) is 21.3 Å². The van der Waals surface area contributed by atoms with Crippen molar-refractivity contribution in [2.75, 3.05) is 0 Å². The Bertz CT molecular complexity index is 207. The molecular formula is C8H11I. The maximum Gasteiger partial charge on any atom is -0.0146 e. The molecule has 0 aromatic carbocycles. The van der Waals surface area contributed by atoms with Crippen molar-refractivity contribution in [1.29, 1.82) is 0 Å². The molecule has 0 fully saturated rings. The van der Waals surface area contributed by atoms with Gasteiger partial charge in [0.1, 0.15) is 0 Å². The van der Waals surface area contributed by atoms with Gasteiger partial charge in [-0.05, 0) is 39.5 Å². The van der Waals surface area contributed by atoms with Crippen LogP contribution in [0.15, 0.2) is 21.3 Å². The topological polar surface area (TPSA) is 0 Å². The molecule has 0 aromatic rings. The number of hydrogen-bond acceptors (Lipinski definition) is 0. The fourth-order valence-corrected chi connectivity index (χ4v) is 2.85. The maximum absolute atomic E-state index is 2.33. The second-order valence-electron chi connectivity index (χ2n) is 2.24. The average Bonchev–Trinajstić information content (AvgIpc) is 1.83. The highest BCUT2D eigenvalue weighted by atomic mass is 127. The average molecular weight is 234 g/mol. The van der Waals surface area contributed by atoms with Crippen LogP contribution in [0.2, 0.25) is 0 Å². The van der Waals surface area contributed by atoms with Crippen LogP contribution in [0.4, 0.5) is 0 Å². The molecule has 1 heterocycles.